The molecule has 50 valence electrons. The van der Waals surface area contributed by atoms with Gasteiger partial charge in [-0.2, -0.15) is 0 Å². The molecule has 0 amide bonds. The lowest BCUT2D eigenvalue weighted by atomic mass is 10.5. The Morgan fingerprint density at radius 2 is 2.22 bits per heavy atom. The first-order valence-electron chi connectivity index (χ1n) is 2.30. The molecule has 0 atom stereocenters. The van der Waals surface area contributed by atoms with Crippen LogP contribution in [0, 0.1) is 0 Å². The van der Waals surface area contributed by atoms with Crippen molar-refractivity contribution in [3.05, 3.63) is 0 Å². The summed E-state index contributed by atoms with van der Waals surface area (Å²) >= 11 is 0. The fourth-order valence-corrected chi connectivity index (χ4v) is 0.513. The molecule has 0 saturated heterocycles. The minimum atomic E-state index is 0.106. The monoisotopic (exact) mass is 129 g/mol. The van der Waals surface area contributed by atoms with Crippen molar-refractivity contribution in [2.45, 2.75) is 0 Å². The van der Waals surface area contributed by atoms with Gasteiger partial charge in [0, 0.05) is 0 Å². The molecule has 1 aromatic rings. The van der Waals surface area contributed by atoms with Gasteiger partial charge in [-0.05, 0) is 0 Å². The lowest BCUT2D eigenvalue weighted by molar-refractivity contribution is 0.403. The van der Waals surface area contributed by atoms with E-state index in [1.165, 1.54) is 7.11 Å². The Bertz CT molecular complexity index is 188. The molecule has 0 aliphatic rings. The summed E-state index contributed by atoms with van der Waals surface area (Å²) in [5.74, 6) is 0.583. The maximum absolute atomic E-state index is 5.24. The Balaban J connectivity index is 3.07. The molecule has 4 N–H and O–H groups in total. The molecule has 0 bridgehead atoms. The highest BCUT2D eigenvalue weighted by Gasteiger charge is 2.08. The maximum atomic E-state index is 5.24. The van der Waals surface area contributed by atoms with Crippen LogP contribution < -0.4 is 16.2 Å². The Morgan fingerprint density at radius 3 is 2.44 bits per heavy atom. The molecule has 5 nitrogen and oxygen atoms in total. The van der Waals surface area contributed by atoms with Crippen LogP contribution in [-0.2, 0) is 0 Å². The van der Waals surface area contributed by atoms with Crippen molar-refractivity contribution in [3.8, 4) is 5.75 Å². The molecule has 0 aliphatic heterocycles. The second-order valence-electron chi connectivity index (χ2n) is 1.47. The number of nitrogen functional groups attached to an aromatic ring is 2. The van der Waals surface area contributed by atoms with E-state index in [1.54, 1.807) is 0 Å². The summed E-state index contributed by atoms with van der Waals surface area (Å²) in [5.41, 5.74) is 10.5. The fraction of sp³-hybridized carbons (Fsp3) is 0.250. The summed E-state index contributed by atoms with van der Waals surface area (Å²) in [6, 6.07) is 0. The standard InChI is InChI=1S/C4H7N3O2/c1-8-2-3(5)7-9-4(2)6/h6H2,1H3,(H2,5,7). The maximum Gasteiger partial charge on any atom is 0.266 e. The van der Waals surface area contributed by atoms with Crippen molar-refractivity contribution in [3.63, 3.8) is 0 Å². The number of ether oxygens (including phenoxy) is 1. The predicted octanol–water partition coefficient (Wildman–Crippen LogP) is -0.152. The third-order valence-electron chi connectivity index (χ3n) is 0.903. The molecule has 5 heteroatoms. The number of hydrogen-bond acceptors (Lipinski definition) is 5. The second kappa shape index (κ2) is 1.85. The first kappa shape index (κ1) is 5.74. The van der Waals surface area contributed by atoms with Gasteiger partial charge in [0.1, 0.15) is 0 Å². The van der Waals surface area contributed by atoms with Gasteiger partial charge < -0.3 is 20.7 Å². The Labute approximate surface area is 51.6 Å². The number of nitrogens with zero attached hydrogens (tertiary/aromatic N) is 1. The third-order valence-corrected chi connectivity index (χ3v) is 0.903. The highest BCUT2D eigenvalue weighted by atomic mass is 16.5. The summed E-state index contributed by atoms with van der Waals surface area (Å²) in [4.78, 5) is 0. The SMILES string of the molecule is COc1c(N)noc1N. The summed E-state index contributed by atoms with van der Waals surface area (Å²) in [7, 11) is 1.44. The number of hydrogen-bond donors (Lipinski definition) is 2. The van der Waals surface area contributed by atoms with Gasteiger partial charge >= 0.3 is 0 Å². The van der Waals surface area contributed by atoms with Crippen molar-refractivity contribution in [1.29, 1.82) is 0 Å². The predicted molar refractivity (Wildman–Crippen MR) is 31.9 cm³/mol. The molecular weight excluding hydrogens is 122 g/mol. The normalized spacial score (nSPS) is 9.44. The van der Waals surface area contributed by atoms with E-state index in [9.17, 15) is 0 Å². The zero-order valence-electron chi connectivity index (χ0n) is 4.92. The van der Waals surface area contributed by atoms with Crippen molar-refractivity contribution in [2.24, 2.45) is 0 Å². The zero-order valence-corrected chi connectivity index (χ0v) is 4.92. The van der Waals surface area contributed by atoms with E-state index in [0.717, 1.165) is 0 Å². The van der Waals surface area contributed by atoms with E-state index < -0.39 is 0 Å². The molecule has 9 heavy (non-hydrogen) atoms. The molecule has 1 aromatic heterocycles. The van der Waals surface area contributed by atoms with Gasteiger partial charge in [-0.25, -0.2) is 0 Å². The second-order valence-corrected chi connectivity index (χ2v) is 1.47. The first-order chi connectivity index (χ1) is 4.25. The van der Waals surface area contributed by atoms with Crippen LogP contribution in [-0.4, -0.2) is 12.3 Å². The molecule has 0 fully saturated rings. The van der Waals surface area contributed by atoms with E-state index in [1.807, 2.05) is 0 Å². The van der Waals surface area contributed by atoms with Crippen molar-refractivity contribution < 1.29 is 9.26 Å². The highest BCUT2D eigenvalue weighted by molar-refractivity contribution is 5.57. The molecule has 0 radical (unpaired) electrons. The van der Waals surface area contributed by atoms with E-state index in [2.05, 4.69) is 9.68 Å². The smallest absolute Gasteiger partial charge is 0.266 e. The molecule has 0 aliphatic carbocycles. The molecule has 0 unspecified atom stereocenters. The van der Waals surface area contributed by atoms with Gasteiger partial charge in [0.25, 0.3) is 5.88 Å². The minimum absolute atomic E-state index is 0.106. The van der Waals surface area contributed by atoms with Crippen molar-refractivity contribution in [1.82, 2.24) is 5.16 Å². The molecule has 0 spiro atoms. The summed E-state index contributed by atoms with van der Waals surface area (Å²) in [6.45, 7) is 0. The van der Waals surface area contributed by atoms with Gasteiger partial charge in [0.15, 0.2) is 0 Å². The molecule has 1 heterocycles. The lowest BCUT2D eigenvalue weighted by Crippen LogP contribution is -1.91. The summed E-state index contributed by atoms with van der Waals surface area (Å²) in [6.07, 6.45) is 0. The zero-order chi connectivity index (χ0) is 6.85. The molecular formula is C4H7N3O2. The van der Waals surface area contributed by atoms with Crippen LogP contribution in [0.2, 0.25) is 0 Å². The van der Waals surface area contributed by atoms with Gasteiger partial charge in [-0.1, -0.05) is 5.16 Å². The highest BCUT2D eigenvalue weighted by Crippen LogP contribution is 2.26. The van der Waals surface area contributed by atoms with Crippen LogP contribution in [0.5, 0.6) is 5.75 Å². The van der Waals surface area contributed by atoms with Crippen LogP contribution in [0.1, 0.15) is 0 Å². The van der Waals surface area contributed by atoms with Crippen molar-refractivity contribution >= 4 is 11.7 Å². The molecule has 0 aromatic carbocycles. The Kier molecular flexibility index (Phi) is 1.18. The fourth-order valence-electron chi connectivity index (χ4n) is 0.513. The largest absolute Gasteiger partial charge is 0.488 e. The van der Waals surface area contributed by atoms with E-state index in [4.69, 9.17) is 16.2 Å². The average Bonchev–Trinajstić information content (AvgIpc) is 2.12. The van der Waals surface area contributed by atoms with Crippen LogP contribution in [0.4, 0.5) is 11.7 Å². The number of aromatic nitrogens is 1. The summed E-state index contributed by atoms with van der Waals surface area (Å²) < 4.78 is 9.17. The van der Waals surface area contributed by atoms with Crippen LogP contribution >= 0.6 is 0 Å². The van der Waals surface area contributed by atoms with Crippen LogP contribution in [0.3, 0.4) is 0 Å². The van der Waals surface area contributed by atoms with E-state index in [0.29, 0.717) is 5.75 Å². The van der Waals surface area contributed by atoms with Gasteiger partial charge in [-0.3, -0.25) is 0 Å². The Hall–Kier alpha value is -1.39. The van der Waals surface area contributed by atoms with Gasteiger partial charge in [-0.15, -0.1) is 0 Å². The number of rotatable bonds is 1. The summed E-state index contributed by atoms with van der Waals surface area (Å²) in [5, 5.41) is 3.34. The molecule has 1 rings (SSSR count). The van der Waals surface area contributed by atoms with Crippen LogP contribution in [0.25, 0.3) is 0 Å². The number of methoxy groups -OCH3 is 1. The number of nitrogens with two attached hydrogens (primary N) is 2. The van der Waals surface area contributed by atoms with Crippen LogP contribution in [0.15, 0.2) is 4.52 Å². The first-order valence-corrected chi connectivity index (χ1v) is 2.30. The van der Waals surface area contributed by atoms with Gasteiger partial charge in [0.05, 0.1) is 7.11 Å². The average molecular weight is 129 g/mol. The van der Waals surface area contributed by atoms with Crippen molar-refractivity contribution in [2.75, 3.05) is 18.6 Å². The molecule has 0 saturated carbocycles. The third kappa shape index (κ3) is 0.758. The van der Waals surface area contributed by atoms with E-state index in [-0.39, 0.29) is 11.7 Å². The number of anilines is 2. The van der Waals surface area contributed by atoms with E-state index >= 15 is 0 Å². The quantitative estimate of drug-likeness (QED) is 0.550. The topological polar surface area (TPSA) is 87.3 Å². The van der Waals surface area contributed by atoms with Gasteiger partial charge in [0.2, 0.25) is 11.6 Å². The minimum Gasteiger partial charge on any atom is -0.488 e. The Morgan fingerprint density at radius 1 is 1.56 bits per heavy atom. The lowest BCUT2D eigenvalue weighted by Gasteiger charge is -1.92.